The summed E-state index contributed by atoms with van der Waals surface area (Å²) in [6.07, 6.45) is 1.07. The molecule has 7 nitrogen and oxygen atoms in total. The van der Waals surface area contributed by atoms with Crippen LogP contribution in [0.25, 0.3) is 0 Å². The van der Waals surface area contributed by atoms with Crippen LogP contribution in [0, 0.1) is 13.8 Å². The summed E-state index contributed by atoms with van der Waals surface area (Å²) in [5, 5.41) is 3.96. The van der Waals surface area contributed by atoms with Crippen LogP contribution >= 0.6 is 23.2 Å². The minimum Gasteiger partial charge on any atom is -0.352 e. The van der Waals surface area contributed by atoms with Crippen LogP contribution in [0.3, 0.4) is 0 Å². The highest BCUT2D eigenvalue weighted by molar-refractivity contribution is 7.92. The summed E-state index contributed by atoms with van der Waals surface area (Å²) in [6.45, 7) is 8.88. The fourth-order valence-electron chi connectivity index (χ4n) is 4.40. The van der Waals surface area contributed by atoms with Gasteiger partial charge in [0.2, 0.25) is 11.8 Å². The van der Waals surface area contributed by atoms with Crippen LogP contribution in [0.4, 0.5) is 5.69 Å². The average molecular weight is 619 g/mol. The molecule has 0 saturated carbocycles. The first-order chi connectivity index (χ1) is 19.4. The molecule has 0 heterocycles. The van der Waals surface area contributed by atoms with E-state index >= 15 is 0 Å². The Morgan fingerprint density at radius 3 is 2.05 bits per heavy atom. The maximum atomic E-state index is 14.2. The number of sulfonamides is 1. The first-order valence-corrected chi connectivity index (χ1v) is 15.8. The molecule has 10 heteroatoms. The van der Waals surface area contributed by atoms with Gasteiger partial charge in [0.1, 0.15) is 12.6 Å². The number of aryl methyl sites for hydroxylation is 2. The van der Waals surface area contributed by atoms with E-state index in [2.05, 4.69) is 5.32 Å². The lowest BCUT2D eigenvalue weighted by molar-refractivity contribution is -0.140. The Labute approximate surface area is 253 Å². The molecule has 0 bridgehead atoms. The standard InChI is InChI=1S/C31H37Cl2N3O4S/c1-6-23(5)34-31(38)28(7-2)35(19-24-10-12-25(32)13-11-24)30(37)20-36(29-17-14-26(33)18-22(29)4)41(39,40)27-15-8-21(3)9-16-27/h8-18,23,28H,6-7,19-20H2,1-5H3,(H,34,38)/t23-,28-/m0/s1. The van der Waals surface area contributed by atoms with Gasteiger partial charge in [0.05, 0.1) is 10.6 Å². The number of halogens is 2. The topological polar surface area (TPSA) is 86.8 Å². The molecule has 0 unspecified atom stereocenters. The summed E-state index contributed by atoms with van der Waals surface area (Å²) in [6, 6.07) is 17.4. The summed E-state index contributed by atoms with van der Waals surface area (Å²) in [7, 11) is -4.16. The van der Waals surface area contributed by atoms with Gasteiger partial charge in [-0.2, -0.15) is 0 Å². The maximum Gasteiger partial charge on any atom is 0.264 e. The third-order valence-corrected chi connectivity index (χ3v) is 9.23. The zero-order valence-electron chi connectivity index (χ0n) is 24.0. The fraction of sp³-hybridized carbons (Fsp3) is 0.355. The van der Waals surface area contributed by atoms with E-state index in [9.17, 15) is 18.0 Å². The molecule has 3 rings (SSSR count). The molecule has 3 aromatic rings. The maximum absolute atomic E-state index is 14.2. The van der Waals surface area contributed by atoms with Crippen molar-refractivity contribution >= 4 is 50.7 Å². The van der Waals surface area contributed by atoms with Crippen LogP contribution < -0.4 is 9.62 Å². The number of carbonyl (C=O) groups is 2. The van der Waals surface area contributed by atoms with Gasteiger partial charge >= 0.3 is 0 Å². The van der Waals surface area contributed by atoms with E-state index in [4.69, 9.17) is 23.2 Å². The predicted octanol–water partition coefficient (Wildman–Crippen LogP) is 6.53. The first-order valence-electron chi connectivity index (χ1n) is 13.6. The Bertz CT molecular complexity index is 1460. The molecular weight excluding hydrogens is 581 g/mol. The van der Waals surface area contributed by atoms with Gasteiger partial charge in [-0.05, 0) is 87.2 Å². The molecular formula is C31H37Cl2N3O4S. The van der Waals surface area contributed by atoms with Gasteiger partial charge in [-0.25, -0.2) is 8.42 Å². The Morgan fingerprint density at radius 1 is 0.878 bits per heavy atom. The number of nitrogens with one attached hydrogen (secondary N) is 1. The monoisotopic (exact) mass is 617 g/mol. The van der Waals surface area contributed by atoms with Crippen LogP contribution in [-0.2, 0) is 26.2 Å². The second kappa shape index (κ2) is 14.2. The van der Waals surface area contributed by atoms with Gasteiger partial charge in [-0.15, -0.1) is 0 Å². The lowest BCUT2D eigenvalue weighted by Gasteiger charge is -2.34. The van der Waals surface area contributed by atoms with E-state index in [0.29, 0.717) is 27.7 Å². The van der Waals surface area contributed by atoms with Crippen molar-refractivity contribution in [2.75, 3.05) is 10.8 Å². The molecule has 1 N–H and O–H groups in total. The number of hydrogen-bond donors (Lipinski definition) is 1. The van der Waals surface area contributed by atoms with Crippen molar-refractivity contribution in [2.24, 2.45) is 0 Å². The average Bonchev–Trinajstić information content (AvgIpc) is 2.93. The Balaban J connectivity index is 2.09. The van der Waals surface area contributed by atoms with E-state index in [1.807, 2.05) is 27.7 Å². The smallest absolute Gasteiger partial charge is 0.264 e. The van der Waals surface area contributed by atoms with Crippen LogP contribution in [-0.4, -0.2) is 43.8 Å². The molecule has 2 amide bonds. The van der Waals surface area contributed by atoms with E-state index in [-0.39, 0.29) is 23.4 Å². The largest absolute Gasteiger partial charge is 0.352 e. The van der Waals surface area contributed by atoms with Crippen molar-refractivity contribution in [1.82, 2.24) is 10.2 Å². The molecule has 0 aliphatic carbocycles. The molecule has 0 aliphatic rings. The number of amides is 2. The SMILES string of the molecule is CC[C@H](C)NC(=O)[C@H](CC)N(Cc1ccc(Cl)cc1)C(=O)CN(c1ccc(Cl)cc1C)S(=O)(=O)c1ccc(C)cc1. The number of nitrogens with zero attached hydrogens (tertiary/aromatic N) is 2. The van der Waals surface area contributed by atoms with Crippen molar-refractivity contribution in [2.45, 2.75) is 71.0 Å². The van der Waals surface area contributed by atoms with Gasteiger partial charge in [-0.1, -0.05) is 66.9 Å². The molecule has 220 valence electrons. The fourth-order valence-corrected chi connectivity index (χ4v) is 6.23. The Kier molecular flexibility index (Phi) is 11.2. The lowest BCUT2D eigenvalue weighted by atomic mass is 10.1. The molecule has 0 aromatic heterocycles. The van der Waals surface area contributed by atoms with E-state index < -0.39 is 28.5 Å². The summed E-state index contributed by atoms with van der Waals surface area (Å²) < 4.78 is 29.1. The highest BCUT2D eigenvalue weighted by atomic mass is 35.5. The van der Waals surface area contributed by atoms with Crippen LogP contribution in [0.5, 0.6) is 0 Å². The van der Waals surface area contributed by atoms with Crippen molar-refractivity contribution in [3.8, 4) is 0 Å². The van der Waals surface area contributed by atoms with E-state index in [1.165, 1.54) is 17.0 Å². The molecule has 0 spiro atoms. The summed E-state index contributed by atoms with van der Waals surface area (Å²) in [5.74, 6) is -0.809. The zero-order chi connectivity index (χ0) is 30.3. The number of anilines is 1. The van der Waals surface area contributed by atoms with E-state index in [1.54, 1.807) is 61.5 Å². The third kappa shape index (κ3) is 8.24. The van der Waals surface area contributed by atoms with Crippen molar-refractivity contribution < 1.29 is 18.0 Å². The quantitative estimate of drug-likeness (QED) is 0.250. The van der Waals surface area contributed by atoms with Crippen molar-refractivity contribution in [1.29, 1.82) is 0 Å². The minimum atomic E-state index is -4.16. The van der Waals surface area contributed by atoms with Crippen molar-refractivity contribution in [3.05, 3.63) is 93.5 Å². The van der Waals surface area contributed by atoms with Gasteiger partial charge in [0, 0.05) is 22.6 Å². The second-order valence-corrected chi connectivity index (χ2v) is 12.9. The lowest BCUT2D eigenvalue weighted by Crippen LogP contribution is -2.53. The van der Waals surface area contributed by atoms with Gasteiger partial charge in [0.15, 0.2) is 0 Å². The van der Waals surface area contributed by atoms with Crippen LogP contribution in [0.1, 0.15) is 50.3 Å². The highest BCUT2D eigenvalue weighted by Crippen LogP contribution is 2.30. The van der Waals surface area contributed by atoms with Crippen LogP contribution in [0.2, 0.25) is 10.0 Å². The highest BCUT2D eigenvalue weighted by Gasteiger charge is 2.34. The zero-order valence-corrected chi connectivity index (χ0v) is 26.4. The normalized spacial score (nSPS) is 12.9. The number of benzene rings is 3. The molecule has 0 fully saturated rings. The van der Waals surface area contributed by atoms with E-state index in [0.717, 1.165) is 21.9 Å². The van der Waals surface area contributed by atoms with Gasteiger partial charge in [-0.3, -0.25) is 13.9 Å². The van der Waals surface area contributed by atoms with Gasteiger partial charge < -0.3 is 10.2 Å². The Hall–Kier alpha value is -3.07. The molecule has 3 aromatic carbocycles. The molecule has 0 radical (unpaired) electrons. The summed E-state index contributed by atoms with van der Waals surface area (Å²) in [4.78, 5) is 29.0. The molecule has 0 aliphatic heterocycles. The van der Waals surface area contributed by atoms with Gasteiger partial charge in [0.25, 0.3) is 10.0 Å². The predicted molar refractivity (Wildman–Crippen MR) is 166 cm³/mol. The third-order valence-electron chi connectivity index (χ3n) is 6.97. The number of carbonyl (C=O) groups excluding carboxylic acids is 2. The summed E-state index contributed by atoms with van der Waals surface area (Å²) in [5.41, 5.74) is 2.58. The first kappa shape index (κ1) is 32.4. The molecule has 41 heavy (non-hydrogen) atoms. The Morgan fingerprint density at radius 2 is 1.49 bits per heavy atom. The second-order valence-electron chi connectivity index (χ2n) is 10.1. The minimum absolute atomic E-state index is 0.0519. The van der Waals surface area contributed by atoms with Crippen LogP contribution in [0.15, 0.2) is 71.6 Å². The number of hydrogen-bond acceptors (Lipinski definition) is 4. The summed E-state index contributed by atoms with van der Waals surface area (Å²) >= 11 is 12.3. The molecule has 2 atom stereocenters. The molecule has 0 saturated heterocycles. The van der Waals surface area contributed by atoms with Crippen molar-refractivity contribution in [3.63, 3.8) is 0 Å². The number of rotatable bonds is 12.